The number of carbonyl (C=O) groups excluding carboxylic acids is 1. The summed E-state index contributed by atoms with van der Waals surface area (Å²) in [5, 5.41) is 14.9. The van der Waals surface area contributed by atoms with Crippen LogP contribution in [0.3, 0.4) is 0 Å². The molecule has 0 aromatic heterocycles. The smallest absolute Gasteiger partial charge is 0.321 e. The van der Waals surface area contributed by atoms with Crippen LogP contribution in [0.5, 0.6) is 0 Å². The van der Waals surface area contributed by atoms with Gasteiger partial charge in [-0.25, -0.2) is 0 Å². The van der Waals surface area contributed by atoms with E-state index in [1.807, 2.05) is 0 Å². The van der Waals surface area contributed by atoms with E-state index in [4.69, 9.17) is 34.0 Å². The fourth-order valence-electron chi connectivity index (χ4n) is 1.48. The second kappa shape index (κ2) is 8.06. The number of carboxylic acid groups (broad SMARTS) is 1. The van der Waals surface area contributed by atoms with Crippen LogP contribution in [0, 0.1) is 0 Å². The monoisotopic (exact) mass is 319 g/mol. The van der Waals surface area contributed by atoms with E-state index in [0.717, 1.165) is 0 Å². The Bertz CT molecular complexity index is 497. The van der Waals surface area contributed by atoms with Crippen molar-refractivity contribution in [1.82, 2.24) is 5.32 Å². The second-order valence-corrected chi connectivity index (χ2v) is 4.83. The fourth-order valence-corrected chi connectivity index (χ4v) is 1.77. The summed E-state index contributed by atoms with van der Waals surface area (Å²) in [4.78, 5) is 22.7. The van der Waals surface area contributed by atoms with Gasteiger partial charge in [0.25, 0.3) is 0 Å². The van der Waals surface area contributed by atoms with Gasteiger partial charge in [0.05, 0.1) is 16.5 Å². The van der Waals surface area contributed by atoms with Crippen LogP contribution in [0.1, 0.15) is 6.42 Å². The molecule has 0 heterocycles. The van der Waals surface area contributed by atoms with E-state index in [1.165, 1.54) is 6.07 Å². The SMILES string of the molecule is NCCN[C@@H](CC(=O)Nc1ccc(Cl)c(Cl)c1)C(=O)O. The molecule has 0 aliphatic rings. The molecule has 20 heavy (non-hydrogen) atoms. The molecule has 0 bridgehead atoms. The van der Waals surface area contributed by atoms with Crippen molar-refractivity contribution in [1.29, 1.82) is 0 Å². The lowest BCUT2D eigenvalue weighted by atomic mass is 10.2. The van der Waals surface area contributed by atoms with E-state index < -0.39 is 17.9 Å². The number of nitrogens with two attached hydrogens (primary N) is 1. The molecule has 1 amide bonds. The highest BCUT2D eigenvalue weighted by Gasteiger charge is 2.20. The van der Waals surface area contributed by atoms with E-state index >= 15 is 0 Å². The van der Waals surface area contributed by atoms with Gasteiger partial charge in [0.15, 0.2) is 0 Å². The van der Waals surface area contributed by atoms with Crippen molar-refractivity contribution in [2.45, 2.75) is 12.5 Å². The molecule has 0 unspecified atom stereocenters. The number of carboxylic acids is 1. The third kappa shape index (κ3) is 5.34. The van der Waals surface area contributed by atoms with Crippen LogP contribution < -0.4 is 16.4 Å². The zero-order chi connectivity index (χ0) is 15.1. The lowest BCUT2D eigenvalue weighted by Gasteiger charge is -2.13. The predicted molar refractivity (Wildman–Crippen MR) is 78.2 cm³/mol. The van der Waals surface area contributed by atoms with Crippen molar-refractivity contribution in [3.8, 4) is 0 Å². The first-order valence-corrected chi connectivity index (χ1v) is 6.60. The molecule has 1 aromatic rings. The van der Waals surface area contributed by atoms with Gasteiger partial charge >= 0.3 is 5.97 Å². The molecule has 0 radical (unpaired) electrons. The first-order valence-electron chi connectivity index (χ1n) is 5.85. The summed E-state index contributed by atoms with van der Waals surface area (Å²) in [5.74, 6) is -1.55. The van der Waals surface area contributed by atoms with Crippen molar-refractivity contribution in [2.24, 2.45) is 5.73 Å². The highest BCUT2D eigenvalue weighted by atomic mass is 35.5. The van der Waals surface area contributed by atoms with Gasteiger partial charge in [-0.1, -0.05) is 23.2 Å². The summed E-state index contributed by atoms with van der Waals surface area (Å²) in [6.07, 6.45) is -0.213. The Balaban J connectivity index is 2.60. The number of amides is 1. The number of hydrogen-bond acceptors (Lipinski definition) is 4. The fraction of sp³-hybridized carbons (Fsp3) is 0.333. The molecule has 0 saturated heterocycles. The van der Waals surface area contributed by atoms with Gasteiger partial charge in [-0.05, 0) is 18.2 Å². The first kappa shape index (κ1) is 16.7. The normalized spacial score (nSPS) is 11.9. The number of aliphatic carboxylic acids is 1. The van der Waals surface area contributed by atoms with E-state index in [-0.39, 0.29) is 13.0 Å². The Morgan fingerprint density at radius 1 is 1.30 bits per heavy atom. The number of rotatable bonds is 7. The zero-order valence-corrected chi connectivity index (χ0v) is 12.0. The topological polar surface area (TPSA) is 104 Å². The van der Waals surface area contributed by atoms with Crippen molar-refractivity contribution in [2.75, 3.05) is 18.4 Å². The number of benzene rings is 1. The maximum Gasteiger partial charge on any atom is 0.321 e. The number of halogens is 2. The van der Waals surface area contributed by atoms with Gasteiger partial charge in [0.1, 0.15) is 6.04 Å². The zero-order valence-electron chi connectivity index (χ0n) is 10.5. The predicted octanol–water partition coefficient (Wildman–Crippen LogP) is 1.32. The summed E-state index contributed by atoms with van der Waals surface area (Å²) < 4.78 is 0. The lowest BCUT2D eigenvalue weighted by Crippen LogP contribution is -2.41. The van der Waals surface area contributed by atoms with Crippen LogP contribution in [-0.4, -0.2) is 36.1 Å². The van der Waals surface area contributed by atoms with Crippen LogP contribution in [0.4, 0.5) is 5.69 Å². The quantitative estimate of drug-likeness (QED) is 0.606. The van der Waals surface area contributed by atoms with Gasteiger partial charge in [-0.2, -0.15) is 0 Å². The molecule has 1 atom stereocenters. The van der Waals surface area contributed by atoms with E-state index in [9.17, 15) is 9.59 Å². The maximum atomic E-state index is 11.8. The summed E-state index contributed by atoms with van der Waals surface area (Å²) in [7, 11) is 0. The summed E-state index contributed by atoms with van der Waals surface area (Å²) in [5.41, 5.74) is 5.73. The summed E-state index contributed by atoms with van der Waals surface area (Å²) in [6, 6.07) is 3.63. The summed E-state index contributed by atoms with van der Waals surface area (Å²) >= 11 is 11.6. The van der Waals surface area contributed by atoms with Crippen LogP contribution in [-0.2, 0) is 9.59 Å². The van der Waals surface area contributed by atoms with Crippen LogP contribution in [0.2, 0.25) is 10.0 Å². The highest BCUT2D eigenvalue weighted by Crippen LogP contribution is 2.25. The minimum Gasteiger partial charge on any atom is -0.480 e. The number of nitrogens with one attached hydrogen (secondary N) is 2. The highest BCUT2D eigenvalue weighted by molar-refractivity contribution is 6.42. The Labute approximate surface area is 126 Å². The van der Waals surface area contributed by atoms with E-state index in [2.05, 4.69) is 10.6 Å². The molecule has 5 N–H and O–H groups in total. The Morgan fingerprint density at radius 3 is 2.55 bits per heavy atom. The summed E-state index contributed by atoms with van der Waals surface area (Å²) in [6.45, 7) is 0.606. The molecule has 6 nitrogen and oxygen atoms in total. The molecule has 1 aromatic carbocycles. The Kier molecular flexibility index (Phi) is 6.74. The largest absolute Gasteiger partial charge is 0.480 e. The van der Waals surface area contributed by atoms with Gasteiger partial charge in [-0.15, -0.1) is 0 Å². The van der Waals surface area contributed by atoms with Gasteiger partial charge in [-0.3, -0.25) is 9.59 Å². The standard InChI is InChI=1S/C12H15Cl2N3O3/c13-8-2-1-7(5-9(8)14)17-11(18)6-10(12(19)20)16-4-3-15/h1-2,5,10,16H,3-4,6,15H2,(H,17,18)(H,19,20)/t10-/m0/s1. The van der Waals surface area contributed by atoms with Crippen molar-refractivity contribution < 1.29 is 14.7 Å². The Morgan fingerprint density at radius 2 is 2.00 bits per heavy atom. The molecule has 0 aliphatic carbocycles. The third-order valence-electron chi connectivity index (χ3n) is 2.43. The Hall–Kier alpha value is -1.34. The van der Waals surface area contributed by atoms with Crippen molar-refractivity contribution in [3.05, 3.63) is 28.2 Å². The van der Waals surface area contributed by atoms with Crippen LogP contribution in [0.15, 0.2) is 18.2 Å². The van der Waals surface area contributed by atoms with Crippen LogP contribution >= 0.6 is 23.2 Å². The average molecular weight is 320 g/mol. The van der Waals surface area contributed by atoms with E-state index in [1.54, 1.807) is 12.1 Å². The molecule has 0 aliphatic heterocycles. The lowest BCUT2D eigenvalue weighted by molar-refractivity contribution is -0.141. The van der Waals surface area contributed by atoms with Crippen molar-refractivity contribution in [3.63, 3.8) is 0 Å². The average Bonchev–Trinajstić information content (AvgIpc) is 2.38. The maximum absolute atomic E-state index is 11.8. The third-order valence-corrected chi connectivity index (χ3v) is 3.17. The minimum atomic E-state index is -1.11. The number of carbonyl (C=O) groups is 2. The van der Waals surface area contributed by atoms with Crippen LogP contribution in [0.25, 0.3) is 0 Å². The molecule has 110 valence electrons. The molecular weight excluding hydrogens is 305 g/mol. The minimum absolute atomic E-state index is 0.213. The van der Waals surface area contributed by atoms with Gasteiger partial charge in [0, 0.05) is 18.8 Å². The second-order valence-electron chi connectivity index (χ2n) is 4.01. The van der Waals surface area contributed by atoms with Gasteiger partial charge in [0.2, 0.25) is 5.91 Å². The first-order chi connectivity index (χ1) is 9.43. The molecule has 8 heteroatoms. The molecular formula is C12H15Cl2N3O3. The molecule has 1 rings (SSSR count). The number of anilines is 1. The molecule has 0 saturated carbocycles. The van der Waals surface area contributed by atoms with Gasteiger partial charge < -0.3 is 21.5 Å². The molecule has 0 fully saturated rings. The number of hydrogen-bond donors (Lipinski definition) is 4. The molecule has 0 spiro atoms. The van der Waals surface area contributed by atoms with Crippen molar-refractivity contribution >= 4 is 40.8 Å². The van der Waals surface area contributed by atoms with E-state index in [0.29, 0.717) is 22.3 Å².